The maximum absolute atomic E-state index is 13.7. The van der Waals surface area contributed by atoms with Crippen LogP contribution in [-0.2, 0) is 16.3 Å². The Morgan fingerprint density at radius 3 is 2.60 bits per heavy atom. The minimum Gasteiger partial charge on any atom is -0.358 e. The molecule has 2 aromatic carbocycles. The second kappa shape index (κ2) is 6.64. The van der Waals surface area contributed by atoms with Crippen LogP contribution in [0.3, 0.4) is 0 Å². The van der Waals surface area contributed by atoms with Gasteiger partial charge in [0, 0.05) is 23.0 Å². The number of aryl methyl sites for hydroxylation is 1. The third kappa shape index (κ3) is 3.21. The van der Waals surface area contributed by atoms with Gasteiger partial charge in [-0.25, -0.2) is 12.8 Å². The number of H-pyrrole nitrogens is 1. The Bertz CT molecular complexity index is 1020. The van der Waals surface area contributed by atoms with Gasteiger partial charge in [0.25, 0.3) is 0 Å². The third-order valence-corrected chi connectivity index (χ3v) is 7.24. The number of aromatic amines is 1. The zero-order valence-corrected chi connectivity index (χ0v) is 15.5. The highest BCUT2D eigenvalue weighted by atomic mass is 32.2. The van der Waals surface area contributed by atoms with Crippen molar-refractivity contribution in [2.24, 2.45) is 0 Å². The molecule has 0 saturated carbocycles. The summed E-state index contributed by atoms with van der Waals surface area (Å²) in [6.45, 7) is 5.54. The van der Waals surface area contributed by atoms with E-state index in [1.54, 1.807) is 25.1 Å². The summed E-state index contributed by atoms with van der Waals surface area (Å²) in [6, 6.07) is 11.7. The summed E-state index contributed by atoms with van der Waals surface area (Å²) in [7, 11) is -3.38. The van der Waals surface area contributed by atoms with Gasteiger partial charge >= 0.3 is 0 Å². The van der Waals surface area contributed by atoms with E-state index >= 15 is 0 Å². The first-order chi connectivity index (χ1) is 11.8. The highest BCUT2D eigenvalue weighted by molar-refractivity contribution is 7.92. The van der Waals surface area contributed by atoms with E-state index in [0.29, 0.717) is 17.7 Å². The molecule has 1 aromatic heterocycles. The van der Waals surface area contributed by atoms with E-state index in [1.165, 1.54) is 12.1 Å². The molecule has 1 unspecified atom stereocenters. The van der Waals surface area contributed by atoms with E-state index in [1.807, 2.05) is 26.0 Å². The zero-order valence-electron chi connectivity index (χ0n) is 14.6. The Morgan fingerprint density at radius 2 is 1.88 bits per heavy atom. The second-order valence-electron chi connectivity index (χ2n) is 6.47. The molecule has 25 heavy (non-hydrogen) atoms. The van der Waals surface area contributed by atoms with Crippen molar-refractivity contribution in [2.45, 2.75) is 43.8 Å². The molecule has 0 radical (unpaired) electrons. The lowest BCUT2D eigenvalue weighted by Gasteiger charge is -2.15. The monoisotopic (exact) mass is 359 g/mol. The number of nitrogens with one attached hydrogen (secondary N) is 1. The second-order valence-corrected chi connectivity index (χ2v) is 8.80. The molecule has 1 N–H and O–H groups in total. The third-order valence-electron chi connectivity index (χ3n) is 4.83. The summed E-state index contributed by atoms with van der Waals surface area (Å²) in [5.74, 6) is -0.298. The predicted molar refractivity (Wildman–Crippen MR) is 99.2 cm³/mol. The molecule has 1 heterocycles. The van der Waals surface area contributed by atoms with Crippen molar-refractivity contribution in [3.8, 4) is 0 Å². The van der Waals surface area contributed by atoms with E-state index in [4.69, 9.17) is 0 Å². The first-order valence-electron chi connectivity index (χ1n) is 8.43. The SMILES string of the molecule is CCC(C)S(=O)(=O)c1ccccc1Cc1c(C)[nH]c2ccc(F)cc12. The highest BCUT2D eigenvalue weighted by Gasteiger charge is 2.25. The van der Waals surface area contributed by atoms with Crippen LogP contribution < -0.4 is 0 Å². The first kappa shape index (κ1) is 17.7. The molecule has 3 aromatic rings. The number of halogens is 1. The number of fused-ring (bicyclic) bond motifs is 1. The maximum atomic E-state index is 13.7. The van der Waals surface area contributed by atoms with Crippen LogP contribution in [0.2, 0.25) is 0 Å². The van der Waals surface area contributed by atoms with Crippen molar-refractivity contribution in [2.75, 3.05) is 0 Å². The fourth-order valence-corrected chi connectivity index (χ4v) is 4.78. The summed E-state index contributed by atoms with van der Waals surface area (Å²) in [5, 5.41) is 0.364. The molecule has 0 spiro atoms. The summed E-state index contributed by atoms with van der Waals surface area (Å²) in [5.41, 5.74) is 3.46. The molecule has 3 nitrogen and oxygen atoms in total. The van der Waals surface area contributed by atoms with Gasteiger partial charge in [-0.1, -0.05) is 25.1 Å². The van der Waals surface area contributed by atoms with Crippen LogP contribution >= 0.6 is 0 Å². The fourth-order valence-electron chi connectivity index (χ4n) is 3.14. The molecule has 1 atom stereocenters. The number of hydrogen-bond acceptors (Lipinski definition) is 2. The molecule has 3 rings (SSSR count). The van der Waals surface area contributed by atoms with E-state index in [9.17, 15) is 12.8 Å². The van der Waals surface area contributed by atoms with Crippen molar-refractivity contribution in [3.63, 3.8) is 0 Å². The van der Waals surface area contributed by atoms with Crippen molar-refractivity contribution in [3.05, 3.63) is 65.1 Å². The summed E-state index contributed by atoms with van der Waals surface area (Å²) >= 11 is 0. The summed E-state index contributed by atoms with van der Waals surface area (Å²) in [6.07, 6.45) is 1.01. The van der Waals surface area contributed by atoms with E-state index in [0.717, 1.165) is 27.7 Å². The Labute approximate surface area is 147 Å². The zero-order chi connectivity index (χ0) is 18.2. The Hall–Kier alpha value is -2.14. The van der Waals surface area contributed by atoms with Gasteiger partial charge in [-0.05, 0) is 55.7 Å². The predicted octanol–water partition coefficient (Wildman–Crippen LogP) is 4.78. The van der Waals surface area contributed by atoms with Gasteiger partial charge in [0.05, 0.1) is 10.1 Å². The van der Waals surface area contributed by atoms with Crippen molar-refractivity contribution in [1.82, 2.24) is 4.98 Å². The maximum Gasteiger partial charge on any atom is 0.181 e. The molecule has 0 amide bonds. The van der Waals surface area contributed by atoms with Gasteiger partial charge in [0.15, 0.2) is 9.84 Å². The molecule has 0 aliphatic rings. The molecule has 0 saturated heterocycles. The number of benzene rings is 2. The van der Waals surface area contributed by atoms with Crippen molar-refractivity contribution < 1.29 is 12.8 Å². The smallest absolute Gasteiger partial charge is 0.181 e. The number of rotatable bonds is 5. The largest absolute Gasteiger partial charge is 0.358 e. The van der Waals surface area contributed by atoms with Crippen molar-refractivity contribution >= 4 is 20.7 Å². The lowest BCUT2D eigenvalue weighted by molar-refractivity contribution is 0.580. The molecule has 5 heteroatoms. The Balaban J connectivity index is 2.12. The van der Waals surface area contributed by atoms with Crippen LogP contribution in [0, 0.1) is 12.7 Å². The molecule has 0 aliphatic carbocycles. The molecule has 0 aliphatic heterocycles. The lowest BCUT2D eigenvalue weighted by atomic mass is 10.0. The number of hydrogen-bond donors (Lipinski definition) is 1. The molecular formula is C20H22FNO2S. The number of aromatic nitrogens is 1. The average Bonchev–Trinajstić information content (AvgIpc) is 2.89. The summed E-state index contributed by atoms with van der Waals surface area (Å²) in [4.78, 5) is 3.62. The Kier molecular flexibility index (Phi) is 4.69. The molecule has 132 valence electrons. The first-order valence-corrected chi connectivity index (χ1v) is 9.97. The summed E-state index contributed by atoms with van der Waals surface area (Å²) < 4.78 is 39.4. The number of sulfone groups is 1. The Morgan fingerprint density at radius 1 is 1.16 bits per heavy atom. The average molecular weight is 359 g/mol. The van der Waals surface area contributed by atoms with Gasteiger partial charge in [-0.2, -0.15) is 0 Å². The fraction of sp³-hybridized carbons (Fsp3) is 0.300. The van der Waals surface area contributed by atoms with Crippen LogP contribution in [0.1, 0.15) is 37.1 Å². The topological polar surface area (TPSA) is 49.9 Å². The van der Waals surface area contributed by atoms with Crippen LogP contribution in [0.4, 0.5) is 4.39 Å². The van der Waals surface area contributed by atoms with E-state index in [-0.39, 0.29) is 5.82 Å². The van der Waals surface area contributed by atoms with Gasteiger partial charge < -0.3 is 4.98 Å². The molecule has 0 bridgehead atoms. The van der Waals surface area contributed by atoms with Crippen LogP contribution in [0.15, 0.2) is 47.4 Å². The standard InChI is InChI=1S/C20H22FNO2S/c1-4-13(2)25(23,24)20-8-6-5-7-15(20)11-17-14(3)22-19-10-9-16(21)12-18(17)19/h5-10,12-13,22H,4,11H2,1-3H3. The van der Waals surface area contributed by atoms with Gasteiger partial charge in [0.2, 0.25) is 0 Å². The van der Waals surface area contributed by atoms with Gasteiger partial charge in [-0.15, -0.1) is 0 Å². The normalized spacial score (nSPS) is 13.3. The van der Waals surface area contributed by atoms with E-state index < -0.39 is 15.1 Å². The molecule has 0 fully saturated rings. The van der Waals surface area contributed by atoms with Gasteiger partial charge in [0.1, 0.15) is 5.82 Å². The highest BCUT2D eigenvalue weighted by Crippen LogP contribution is 2.29. The van der Waals surface area contributed by atoms with Crippen LogP contribution in [-0.4, -0.2) is 18.7 Å². The van der Waals surface area contributed by atoms with E-state index in [2.05, 4.69) is 4.98 Å². The lowest BCUT2D eigenvalue weighted by Crippen LogP contribution is -2.18. The van der Waals surface area contributed by atoms with Gasteiger partial charge in [-0.3, -0.25) is 0 Å². The van der Waals surface area contributed by atoms with Crippen LogP contribution in [0.25, 0.3) is 10.9 Å². The minimum atomic E-state index is -3.38. The van der Waals surface area contributed by atoms with Crippen LogP contribution in [0.5, 0.6) is 0 Å². The quantitative estimate of drug-likeness (QED) is 0.713. The van der Waals surface area contributed by atoms with Crippen molar-refractivity contribution in [1.29, 1.82) is 0 Å². The minimum absolute atomic E-state index is 0.298. The molecular weight excluding hydrogens is 337 g/mol.